The van der Waals surface area contributed by atoms with E-state index in [-0.39, 0.29) is 27.9 Å². The monoisotopic (exact) mass is 443 g/mol. The summed E-state index contributed by atoms with van der Waals surface area (Å²) < 4.78 is 72.2. The molecule has 0 aromatic heterocycles. The summed E-state index contributed by atoms with van der Waals surface area (Å²) in [6.07, 6.45) is -2.42. The van der Waals surface area contributed by atoms with E-state index in [9.17, 15) is 26.4 Å². The fourth-order valence-corrected chi connectivity index (χ4v) is 4.36. The summed E-state index contributed by atoms with van der Waals surface area (Å²) in [6.45, 7) is 1.20. The molecule has 0 spiro atoms. The maximum absolute atomic E-state index is 13.5. The molecule has 3 N–H and O–H groups in total. The lowest BCUT2D eigenvalue weighted by Crippen LogP contribution is -2.36. The lowest BCUT2D eigenvalue weighted by atomic mass is 10.1. The Balaban J connectivity index is 1.88. The number of alkyl halides is 2. The maximum atomic E-state index is 13.5. The van der Waals surface area contributed by atoms with Crippen molar-refractivity contribution < 1.29 is 31.1 Å². The van der Waals surface area contributed by atoms with Crippen molar-refractivity contribution in [2.75, 3.05) is 25.5 Å². The predicted octanol–water partition coefficient (Wildman–Crippen LogP) is 2.66. The first kappa shape index (κ1) is 22.1. The minimum absolute atomic E-state index is 0.0674. The second-order valence-electron chi connectivity index (χ2n) is 6.66. The molecule has 30 heavy (non-hydrogen) atoms. The quantitative estimate of drug-likeness (QED) is 0.612. The lowest BCUT2D eigenvalue weighted by Gasteiger charge is -2.15. The van der Waals surface area contributed by atoms with Crippen LogP contribution in [0.15, 0.2) is 41.3 Å². The molecule has 2 aromatic rings. The molecular weight excluding hydrogens is 423 g/mol. The second-order valence-corrected chi connectivity index (χ2v) is 8.38. The largest absolute Gasteiger partial charge is 0.496 e. The number of ether oxygens (including phenoxy) is 1. The van der Waals surface area contributed by atoms with Crippen LogP contribution in [-0.4, -0.2) is 40.6 Å². The number of anilines is 1. The van der Waals surface area contributed by atoms with Gasteiger partial charge in [0.1, 0.15) is 11.6 Å². The Bertz CT molecular complexity index is 1040. The van der Waals surface area contributed by atoms with Crippen LogP contribution in [0.2, 0.25) is 0 Å². The number of hydrogen-bond acceptors (Lipinski definition) is 5. The SMILES string of the molecule is COc1ccc(S(=O)(=O)NC2CCNC2)cc1C(=O)Nc1ccc(F)c(C(F)F)c1. The van der Waals surface area contributed by atoms with E-state index in [1.165, 1.54) is 19.2 Å². The van der Waals surface area contributed by atoms with E-state index >= 15 is 0 Å². The Hall–Kier alpha value is -2.63. The van der Waals surface area contributed by atoms with Crippen molar-refractivity contribution in [2.45, 2.75) is 23.8 Å². The fourth-order valence-electron chi connectivity index (χ4n) is 3.06. The first-order chi connectivity index (χ1) is 14.2. The van der Waals surface area contributed by atoms with Gasteiger partial charge in [-0.05, 0) is 49.4 Å². The van der Waals surface area contributed by atoms with Crippen LogP contribution in [0.5, 0.6) is 5.75 Å². The number of halogens is 3. The number of rotatable bonds is 7. The predicted molar refractivity (Wildman–Crippen MR) is 104 cm³/mol. The molecule has 7 nitrogen and oxygen atoms in total. The molecule has 0 bridgehead atoms. The molecule has 11 heteroatoms. The van der Waals surface area contributed by atoms with E-state index < -0.39 is 33.7 Å². The average Bonchev–Trinajstić information content (AvgIpc) is 3.20. The van der Waals surface area contributed by atoms with Crippen molar-refractivity contribution in [1.82, 2.24) is 10.0 Å². The van der Waals surface area contributed by atoms with Crippen molar-refractivity contribution in [3.8, 4) is 5.75 Å². The van der Waals surface area contributed by atoms with Gasteiger partial charge < -0.3 is 15.4 Å². The van der Waals surface area contributed by atoms with Crippen molar-refractivity contribution in [2.24, 2.45) is 0 Å². The minimum atomic E-state index is -3.90. The van der Waals surface area contributed by atoms with Crippen molar-refractivity contribution in [3.05, 3.63) is 53.3 Å². The number of benzene rings is 2. The highest BCUT2D eigenvalue weighted by Gasteiger charge is 2.25. The molecule has 3 rings (SSSR count). The van der Waals surface area contributed by atoms with E-state index in [0.717, 1.165) is 24.3 Å². The number of methoxy groups -OCH3 is 1. The first-order valence-electron chi connectivity index (χ1n) is 9.01. The minimum Gasteiger partial charge on any atom is -0.496 e. The van der Waals surface area contributed by atoms with Gasteiger partial charge >= 0.3 is 0 Å². The Kier molecular flexibility index (Phi) is 6.64. The van der Waals surface area contributed by atoms with Crippen molar-refractivity contribution in [1.29, 1.82) is 0 Å². The molecule has 1 aliphatic heterocycles. The van der Waals surface area contributed by atoms with Crippen LogP contribution < -0.4 is 20.1 Å². The Morgan fingerprint density at radius 3 is 2.63 bits per heavy atom. The van der Waals surface area contributed by atoms with Gasteiger partial charge in [0.25, 0.3) is 12.3 Å². The van der Waals surface area contributed by atoms with Gasteiger partial charge in [0.2, 0.25) is 10.0 Å². The molecule has 162 valence electrons. The van der Waals surface area contributed by atoms with Crippen LogP contribution in [-0.2, 0) is 10.0 Å². The van der Waals surface area contributed by atoms with Gasteiger partial charge in [0, 0.05) is 18.3 Å². The summed E-state index contributed by atoms with van der Waals surface area (Å²) in [7, 11) is -2.59. The summed E-state index contributed by atoms with van der Waals surface area (Å²) in [5, 5.41) is 5.41. The van der Waals surface area contributed by atoms with Crippen LogP contribution in [0.1, 0.15) is 28.8 Å². The molecule has 1 fully saturated rings. The first-order valence-corrected chi connectivity index (χ1v) is 10.5. The molecule has 0 radical (unpaired) electrons. The molecule has 1 atom stereocenters. The summed E-state index contributed by atoms with van der Waals surface area (Å²) >= 11 is 0. The number of amides is 1. The summed E-state index contributed by atoms with van der Waals surface area (Å²) in [6, 6.07) is 6.26. The van der Waals surface area contributed by atoms with E-state index in [0.29, 0.717) is 19.5 Å². The molecule has 1 aliphatic rings. The molecule has 1 amide bonds. The smallest absolute Gasteiger partial charge is 0.266 e. The summed E-state index contributed by atoms with van der Waals surface area (Å²) in [4.78, 5) is 12.5. The van der Waals surface area contributed by atoms with Crippen LogP contribution >= 0.6 is 0 Å². The second kappa shape index (κ2) is 9.02. The van der Waals surface area contributed by atoms with E-state index in [2.05, 4.69) is 15.4 Å². The highest BCUT2D eigenvalue weighted by molar-refractivity contribution is 7.89. The Morgan fingerprint density at radius 1 is 1.23 bits per heavy atom. The number of sulfonamides is 1. The molecule has 1 heterocycles. The number of nitrogens with one attached hydrogen (secondary N) is 3. The zero-order valence-electron chi connectivity index (χ0n) is 15.9. The van der Waals surface area contributed by atoms with E-state index in [4.69, 9.17) is 4.74 Å². The van der Waals surface area contributed by atoms with E-state index in [1.54, 1.807) is 0 Å². The van der Waals surface area contributed by atoms with Gasteiger partial charge in [0.05, 0.1) is 23.1 Å². The molecule has 1 saturated heterocycles. The van der Waals surface area contributed by atoms with Crippen LogP contribution in [0.25, 0.3) is 0 Å². The standard InChI is InChI=1S/C19H20F3N3O4S/c1-29-17-5-3-13(30(27,28)25-12-6-7-23-10-12)9-15(17)19(26)24-11-2-4-16(20)14(8-11)18(21)22/h2-5,8-9,12,18,23,25H,6-7,10H2,1H3,(H,24,26). The van der Waals surface area contributed by atoms with Crippen molar-refractivity contribution in [3.63, 3.8) is 0 Å². The van der Waals surface area contributed by atoms with Crippen LogP contribution in [0.3, 0.4) is 0 Å². The third kappa shape index (κ3) is 4.91. The van der Waals surface area contributed by atoms with Crippen LogP contribution in [0, 0.1) is 5.82 Å². The molecule has 1 unspecified atom stereocenters. The molecule has 0 saturated carbocycles. The normalized spacial score (nSPS) is 16.6. The Labute approximate surface area is 171 Å². The summed E-state index contributed by atoms with van der Waals surface area (Å²) in [5.74, 6) is -1.80. The van der Waals surface area contributed by atoms with Gasteiger partial charge in [-0.25, -0.2) is 26.3 Å². The maximum Gasteiger partial charge on any atom is 0.266 e. The number of carbonyl (C=O) groups is 1. The third-order valence-electron chi connectivity index (χ3n) is 4.60. The van der Waals surface area contributed by atoms with Crippen LogP contribution in [0.4, 0.5) is 18.9 Å². The molecule has 0 aliphatic carbocycles. The number of hydrogen-bond donors (Lipinski definition) is 3. The van der Waals surface area contributed by atoms with Gasteiger partial charge in [-0.1, -0.05) is 0 Å². The highest BCUT2D eigenvalue weighted by atomic mass is 32.2. The number of carbonyl (C=O) groups excluding carboxylic acids is 1. The average molecular weight is 443 g/mol. The zero-order chi connectivity index (χ0) is 21.9. The van der Waals surface area contributed by atoms with Gasteiger partial charge in [0.15, 0.2) is 0 Å². The third-order valence-corrected chi connectivity index (χ3v) is 6.12. The Morgan fingerprint density at radius 2 is 2.00 bits per heavy atom. The summed E-state index contributed by atoms with van der Waals surface area (Å²) in [5.41, 5.74) is -1.04. The fraction of sp³-hybridized carbons (Fsp3) is 0.316. The van der Waals surface area contributed by atoms with E-state index in [1.807, 2.05) is 0 Å². The topological polar surface area (TPSA) is 96.5 Å². The molecular formula is C19H20F3N3O4S. The van der Waals surface area contributed by atoms with Gasteiger partial charge in [-0.15, -0.1) is 0 Å². The highest BCUT2D eigenvalue weighted by Crippen LogP contribution is 2.27. The van der Waals surface area contributed by atoms with Gasteiger partial charge in [-0.2, -0.15) is 0 Å². The van der Waals surface area contributed by atoms with Crippen molar-refractivity contribution >= 4 is 21.6 Å². The molecule has 2 aromatic carbocycles. The lowest BCUT2D eigenvalue weighted by molar-refractivity contribution is 0.102. The zero-order valence-corrected chi connectivity index (χ0v) is 16.7. The van der Waals surface area contributed by atoms with Gasteiger partial charge in [-0.3, -0.25) is 4.79 Å².